The van der Waals surface area contributed by atoms with Gasteiger partial charge in [-0.05, 0) is 68.7 Å². The van der Waals surface area contributed by atoms with E-state index in [-0.39, 0.29) is 17.9 Å². The molecule has 1 aromatic rings. The minimum atomic E-state index is -0.589. The predicted octanol–water partition coefficient (Wildman–Crippen LogP) is 2.32. The van der Waals surface area contributed by atoms with Crippen LogP contribution in [0.1, 0.15) is 43.2 Å². The second-order valence-electron chi connectivity index (χ2n) is 7.61. The summed E-state index contributed by atoms with van der Waals surface area (Å²) in [6, 6.07) is 6.07. The number of aliphatic hydroxyl groups is 1. The molecule has 1 saturated heterocycles. The van der Waals surface area contributed by atoms with Gasteiger partial charge in [-0.3, -0.25) is 9.59 Å². The first-order valence-corrected chi connectivity index (χ1v) is 9.29. The summed E-state index contributed by atoms with van der Waals surface area (Å²) in [5.41, 5.74) is 3.12. The van der Waals surface area contributed by atoms with Gasteiger partial charge in [0.15, 0.2) is 0 Å². The minimum absolute atomic E-state index is 0.105. The van der Waals surface area contributed by atoms with Crippen LogP contribution >= 0.6 is 0 Å². The van der Waals surface area contributed by atoms with Crippen LogP contribution in [0.15, 0.2) is 18.2 Å². The molecule has 5 heteroatoms. The summed E-state index contributed by atoms with van der Waals surface area (Å²) >= 11 is 0. The zero-order chi connectivity index (χ0) is 18.0. The second-order valence-corrected chi connectivity index (χ2v) is 7.61. The Hall–Kier alpha value is -1.88. The Labute approximate surface area is 149 Å². The maximum absolute atomic E-state index is 12.7. The van der Waals surface area contributed by atoms with E-state index in [0.29, 0.717) is 25.4 Å². The van der Waals surface area contributed by atoms with Crippen LogP contribution in [0.5, 0.6) is 0 Å². The van der Waals surface area contributed by atoms with Crippen LogP contribution in [0.25, 0.3) is 0 Å². The van der Waals surface area contributed by atoms with Crippen LogP contribution in [-0.2, 0) is 9.59 Å². The average molecular weight is 344 g/mol. The van der Waals surface area contributed by atoms with Gasteiger partial charge in [0.25, 0.3) is 0 Å². The number of amides is 2. The summed E-state index contributed by atoms with van der Waals surface area (Å²) < 4.78 is 0. The number of aliphatic hydroxyl groups excluding tert-OH is 1. The highest BCUT2D eigenvalue weighted by Crippen LogP contribution is 2.28. The number of nitrogens with zero attached hydrogens (tertiary/aromatic N) is 1. The van der Waals surface area contributed by atoms with Crippen LogP contribution < -0.4 is 10.2 Å². The fourth-order valence-electron chi connectivity index (χ4n) is 4.10. The van der Waals surface area contributed by atoms with Crippen molar-refractivity contribution in [1.82, 2.24) is 5.32 Å². The standard InChI is InChI=1S/C20H28N2O3/c1-13-8-14(2)10-16(9-13)22-7-6-18(20(22)25)19(24)21-12-15-4-3-5-17(23)11-15/h8-10,15,17-18,23H,3-7,11-12H2,1-2H3,(H,21,24). The SMILES string of the molecule is Cc1cc(C)cc(N2CCC(C(=O)NCC3CCCC(O)C3)C2=O)c1. The third-order valence-corrected chi connectivity index (χ3v) is 5.36. The van der Waals surface area contributed by atoms with Gasteiger partial charge in [0.2, 0.25) is 11.8 Å². The zero-order valence-electron chi connectivity index (χ0n) is 15.1. The molecule has 0 aromatic heterocycles. The van der Waals surface area contributed by atoms with Crippen LogP contribution in [0.2, 0.25) is 0 Å². The van der Waals surface area contributed by atoms with Gasteiger partial charge in [0.05, 0.1) is 6.10 Å². The van der Waals surface area contributed by atoms with Crippen molar-refractivity contribution >= 4 is 17.5 Å². The largest absolute Gasteiger partial charge is 0.393 e. The fraction of sp³-hybridized carbons (Fsp3) is 0.600. The molecule has 0 bridgehead atoms. The molecule has 3 unspecified atom stereocenters. The molecule has 0 spiro atoms. The number of carbonyl (C=O) groups excluding carboxylic acids is 2. The van der Waals surface area contributed by atoms with E-state index in [1.54, 1.807) is 4.90 Å². The predicted molar refractivity (Wildman–Crippen MR) is 97.4 cm³/mol. The molecule has 1 aliphatic carbocycles. The molecule has 1 aromatic carbocycles. The van der Waals surface area contributed by atoms with E-state index in [9.17, 15) is 14.7 Å². The average Bonchev–Trinajstić information content (AvgIpc) is 2.93. The maximum atomic E-state index is 12.7. The molecule has 1 heterocycles. The van der Waals surface area contributed by atoms with Gasteiger partial charge in [-0.25, -0.2) is 0 Å². The van der Waals surface area contributed by atoms with E-state index in [2.05, 4.69) is 11.4 Å². The van der Waals surface area contributed by atoms with Crippen LogP contribution in [0.3, 0.4) is 0 Å². The van der Waals surface area contributed by atoms with Crippen molar-refractivity contribution in [3.05, 3.63) is 29.3 Å². The van der Waals surface area contributed by atoms with Crippen LogP contribution in [0.4, 0.5) is 5.69 Å². The summed E-state index contributed by atoms with van der Waals surface area (Å²) in [4.78, 5) is 26.9. The molecule has 25 heavy (non-hydrogen) atoms. The van der Waals surface area contributed by atoms with Gasteiger partial charge >= 0.3 is 0 Å². The van der Waals surface area contributed by atoms with Crippen LogP contribution in [0, 0.1) is 25.7 Å². The lowest BCUT2D eigenvalue weighted by atomic mass is 9.87. The molecular formula is C20H28N2O3. The number of rotatable bonds is 4. The smallest absolute Gasteiger partial charge is 0.239 e. The molecule has 2 fully saturated rings. The highest BCUT2D eigenvalue weighted by atomic mass is 16.3. The normalized spacial score (nSPS) is 26.8. The number of benzene rings is 1. The van der Waals surface area contributed by atoms with Gasteiger partial charge < -0.3 is 15.3 Å². The maximum Gasteiger partial charge on any atom is 0.239 e. The van der Waals surface area contributed by atoms with Crippen LogP contribution in [-0.4, -0.2) is 36.1 Å². The number of hydrogen-bond donors (Lipinski definition) is 2. The summed E-state index contributed by atoms with van der Waals surface area (Å²) in [5, 5.41) is 12.7. The third-order valence-electron chi connectivity index (χ3n) is 5.36. The summed E-state index contributed by atoms with van der Waals surface area (Å²) in [6.45, 7) is 5.17. The highest BCUT2D eigenvalue weighted by Gasteiger charge is 2.37. The minimum Gasteiger partial charge on any atom is -0.393 e. The van der Waals surface area contributed by atoms with Crippen molar-refractivity contribution < 1.29 is 14.7 Å². The molecule has 3 atom stereocenters. The molecule has 2 N–H and O–H groups in total. The highest BCUT2D eigenvalue weighted by molar-refractivity contribution is 6.09. The number of hydrogen-bond acceptors (Lipinski definition) is 3. The summed E-state index contributed by atoms with van der Waals surface area (Å²) in [5.74, 6) is -0.544. The first-order chi connectivity index (χ1) is 11.9. The van der Waals surface area contributed by atoms with Gasteiger partial charge in [-0.1, -0.05) is 12.5 Å². The molecule has 0 radical (unpaired) electrons. The van der Waals surface area contributed by atoms with Crippen molar-refractivity contribution in [2.75, 3.05) is 18.0 Å². The van der Waals surface area contributed by atoms with Crippen molar-refractivity contribution in [3.63, 3.8) is 0 Å². The number of aryl methyl sites for hydroxylation is 2. The Kier molecular flexibility index (Phi) is 5.42. The van der Waals surface area contributed by atoms with Crippen molar-refractivity contribution in [2.24, 2.45) is 11.8 Å². The number of nitrogens with one attached hydrogen (secondary N) is 1. The molecule has 1 aliphatic heterocycles. The van der Waals surface area contributed by atoms with Crippen molar-refractivity contribution in [1.29, 1.82) is 0 Å². The van der Waals surface area contributed by atoms with E-state index in [1.807, 2.05) is 26.0 Å². The topological polar surface area (TPSA) is 69.6 Å². The Bertz CT molecular complexity index is 638. The van der Waals surface area contributed by atoms with E-state index < -0.39 is 5.92 Å². The first kappa shape index (κ1) is 17.9. The van der Waals surface area contributed by atoms with Crippen molar-refractivity contribution in [3.8, 4) is 0 Å². The molecule has 3 rings (SSSR count). The number of anilines is 1. The lowest BCUT2D eigenvalue weighted by Crippen LogP contribution is -2.40. The summed E-state index contributed by atoms with van der Waals surface area (Å²) in [7, 11) is 0. The van der Waals surface area contributed by atoms with Gasteiger partial charge in [-0.2, -0.15) is 0 Å². The molecular weight excluding hydrogens is 316 g/mol. The van der Waals surface area contributed by atoms with Gasteiger partial charge in [-0.15, -0.1) is 0 Å². The molecule has 2 aliphatic rings. The van der Waals surface area contributed by atoms with E-state index in [4.69, 9.17) is 0 Å². The molecule has 5 nitrogen and oxygen atoms in total. The van der Waals surface area contributed by atoms with Crippen molar-refractivity contribution in [2.45, 2.75) is 52.1 Å². The Morgan fingerprint density at radius 3 is 2.60 bits per heavy atom. The summed E-state index contributed by atoms with van der Waals surface area (Å²) in [6.07, 6.45) is 3.95. The van der Waals surface area contributed by atoms with E-state index >= 15 is 0 Å². The third kappa shape index (κ3) is 4.21. The first-order valence-electron chi connectivity index (χ1n) is 9.29. The van der Waals surface area contributed by atoms with E-state index in [0.717, 1.165) is 42.5 Å². The second kappa shape index (κ2) is 7.56. The Morgan fingerprint density at radius 2 is 1.92 bits per heavy atom. The van der Waals surface area contributed by atoms with E-state index in [1.165, 1.54) is 0 Å². The molecule has 136 valence electrons. The quantitative estimate of drug-likeness (QED) is 0.824. The fourth-order valence-corrected chi connectivity index (χ4v) is 4.10. The van der Waals surface area contributed by atoms with Gasteiger partial charge in [0, 0.05) is 18.8 Å². The van der Waals surface area contributed by atoms with Gasteiger partial charge in [0.1, 0.15) is 5.92 Å². The lowest BCUT2D eigenvalue weighted by molar-refractivity contribution is -0.132. The Morgan fingerprint density at radius 1 is 1.20 bits per heavy atom. The number of carbonyl (C=O) groups is 2. The monoisotopic (exact) mass is 344 g/mol. The zero-order valence-corrected chi connectivity index (χ0v) is 15.1. The molecule has 2 amide bonds. The molecule has 1 saturated carbocycles. The Balaban J connectivity index is 1.58. The lowest BCUT2D eigenvalue weighted by Gasteiger charge is -2.26.